The van der Waals surface area contributed by atoms with Crippen molar-refractivity contribution < 1.29 is 4.79 Å². The fourth-order valence-electron chi connectivity index (χ4n) is 3.09. The maximum Gasteiger partial charge on any atom is 0.245 e. The number of carbonyl (C=O) groups is 1. The van der Waals surface area contributed by atoms with Crippen LogP contribution in [0.3, 0.4) is 0 Å². The highest BCUT2D eigenvalue weighted by Crippen LogP contribution is 2.24. The minimum Gasteiger partial charge on any atom is -0.341 e. The fraction of sp³-hybridized carbons (Fsp3) is 0.500. The quantitative estimate of drug-likeness (QED) is 0.861. The number of hydrogen-bond donors (Lipinski definition) is 0. The number of hydrogen-bond acceptors (Lipinski definition) is 2. The maximum absolute atomic E-state index is 12.6. The second-order valence-electron chi connectivity index (χ2n) is 5.45. The zero-order chi connectivity index (χ0) is 14.1. The molecule has 2 heterocycles. The fourth-order valence-corrected chi connectivity index (χ4v) is 3.09. The average Bonchev–Trinajstić information content (AvgIpc) is 3.12. The first-order valence-corrected chi connectivity index (χ1v) is 7.47. The van der Waals surface area contributed by atoms with E-state index in [1.807, 2.05) is 30.0 Å². The zero-order valence-electron chi connectivity index (χ0n) is 12.2. The van der Waals surface area contributed by atoms with Crippen LogP contribution in [-0.2, 0) is 11.2 Å². The Hall–Kier alpha value is -1.84. The van der Waals surface area contributed by atoms with Crippen LogP contribution in [0, 0.1) is 0 Å². The van der Waals surface area contributed by atoms with Crippen LogP contribution in [0.4, 0.5) is 0 Å². The van der Waals surface area contributed by atoms with Gasteiger partial charge in [-0.15, -0.1) is 0 Å². The van der Waals surface area contributed by atoms with Gasteiger partial charge in [-0.3, -0.25) is 4.79 Å². The highest BCUT2D eigenvalue weighted by molar-refractivity contribution is 5.84. The molecule has 3 rings (SSSR count). The largest absolute Gasteiger partial charge is 0.341 e. The van der Waals surface area contributed by atoms with Gasteiger partial charge < -0.3 is 9.47 Å². The van der Waals surface area contributed by atoms with Gasteiger partial charge in [0.1, 0.15) is 11.9 Å². The Morgan fingerprint density at radius 3 is 2.70 bits per heavy atom. The molecule has 0 bridgehead atoms. The normalized spacial score (nSPS) is 16.8. The van der Waals surface area contributed by atoms with E-state index < -0.39 is 0 Å². The molecule has 0 saturated carbocycles. The highest BCUT2D eigenvalue weighted by atomic mass is 16.2. The first-order chi connectivity index (χ1) is 9.72. The lowest BCUT2D eigenvalue weighted by atomic mass is 10.2. The molecular formula is C16H21N3O. The Labute approximate surface area is 119 Å². The Kier molecular flexibility index (Phi) is 3.47. The number of likely N-dealkylation sites (tertiary alicyclic amines) is 1. The van der Waals surface area contributed by atoms with Gasteiger partial charge in [-0.05, 0) is 31.9 Å². The molecule has 0 N–H and O–H groups in total. The molecule has 1 aliphatic rings. The molecule has 0 aliphatic carbocycles. The molecule has 4 heteroatoms. The lowest BCUT2D eigenvalue weighted by Gasteiger charge is -2.23. The predicted molar refractivity (Wildman–Crippen MR) is 79.6 cm³/mol. The molecule has 106 valence electrons. The van der Waals surface area contributed by atoms with Crippen molar-refractivity contribution in [1.82, 2.24) is 14.5 Å². The second kappa shape index (κ2) is 5.27. The van der Waals surface area contributed by atoms with Crippen LogP contribution in [0.2, 0.25) is 0 Å². The van der Waals surface area contributed by atoms with Crippen LogP contribution in [0.5, 0.6) is 0 Å². The van der Waals surface area contributed by atoms with E-state index in [4.69, 9.17) is 0 Å². The van der Waals surface area contributed by atoms with Crippen molar-refractivity contribution in [2.45, 2.75) is 39.2 Å². The predicted octanol–water partition coefficient (Wildman–Crippen LogP) is 2.78. The second-order valence-corrected chi connectivity index (χ2v) is 5.45. The number of amides is 1. The smallest absolute Gasteiger partial charge is 0.245 e. The van der Waals surface area contributed by atoms with E-state index in [-0.39, 0.29) is 11.9 Å². The van der Waals surface area contributed by atoms with Gasteiger partial charge >= 0.3 is 0 Å². The molecule has 0 radical (unpaired) electrons. The van der Waals surface area contributed by atoms with Crippen molar-refractivity contribution in [2.24, 2.45) is 0 Å². The van der Waals surface area contributed by atoms with Crippen LogP contribution < -0.4 is 0 Å². The van der Waals surface area contributed by atoms with Crippen molar-refractivity contribution in [3.05, 3.63) is 30.1 Å². The van der Waals surface area contributed by atoms with Crippen molar-refractivity contribution in [3.8, 4) is 0 Å². The first-order valence-electron chi connectivity index (χ1n) is 7.47. The van der Waals surface area contributed by atoms with Gasteiger partial charge in [0.25, 0.3) is 0 Å². The molecule has 1 aromatic heterocycles. The van der Waals surface area contributed by atoms with Gasteiger partial charge in [0.2, 0.25) is 5.91 Å². The maximum atomic E-state index is 12.6. The van der Waals surface area contributed by atoms with Crippen molar-refractivity contribution in [2.75, 3.05) is 13.1 Å². The number of nitrogens with zero attached hydrogens (tertiary/aromatic N) is 3. The molecule has 0 spiro atoms. The van der Waals surface area contributed by atoms with E-state index in [9.17, 15) is 4.79 Å². The molecule has 1 aliphatic heterocycles. The van der Waals surface area contributed by atoms with Crippen LogP contribution in [0.1, 0.15) is 38.6 Å². The molecule has 1 aromatic carbocycles. The number of imidazole rings is 1. The molecule has 1 unspecified atom stereocenters. The third-order valence-corrected chi connectivity index (χ3v) is 4.15. The van der Waals surface area contributed by atoms with Crippen molar-refractivity contribution >= 4 is 16.9 Å². The summed E-state index contributed by atoms with van der Waals surface area (Å²) in [6.07, 6.45) is 3.10. The van der Waals surface area contributed by atoms with Crippen LogP contribution in [-0.4, -0.2) is 33.4 Å². The van der Waals surface area contributed by atoms with Crippen molar-refractivity contribution in [1.29, 1.82) is 0 Å². The van der Waals surface area contributed by atoms with E-state index in [0.29, 0.717) is 0 Å². The summed E-state index contributed by atoms with van der Waals surface area (Å²) in [5, 5.41) is 0. The van der Waals surface area contributed by atoms with Gasteiger partial charge in [-0.2, -0.15) is 0 Å². The van der Waals surface area contributed by atoms with Gasteiger partial charge in [-0.1, -0.05) is 19.1 Å². The number of fused-ring (bicyclic) bond motifs is 1. The summed E-state index contributed by atoms with van der Waals surface area (Å²) in [5.74, 6) is 1.21. The Morgan fingerprint density at radius 2 is 2.00 bits per heavy atom. The van der Waals surface area contributed by atoms with Crippen LogP contribution in [0.15, 0.2) is 24.3 Å². The number of rotatable bonds is 3. The highest BCUT2D eigenvalue weighted by Gasteiger charge is 2.26. The molecular weight excluding hydrogens is 250 g/mol. The lowest BCUT2D eigenvalue weighted by molar-refractivity contribution is -0.133. The van der Waals surface area contributed by atoms with Crippen molar-refractivity contribution in [3.63, 3.8) is 0 Å². The first kappa shape index (κ1) is 13.2. The summed E-state index contributed by atoms with van der Waals surface area (Å²) in [4.78, 5) is 19.3. The molecule has 1 fully saturated rings. The monoisotopic (exact) mass is 271 g/mol. The van der Waals surface area contributed by atoms with Gasteiger partial charge in [0.15, 0.2) is 0 Å². The van der Waals surface area contributed by atoms with E-state index in [1.54, 1.807) is 0 Å². The molecule has 1 saturated heterocycles. The molecule has 2 aromatic rings. The zero-order valence-corrected chi connectivity index (χ0v) is 12.2. The third-order valence-electron chi connectivity index (χ3n) is 4.15. The number of carbonyl (C=O) groups excluding carboxylic acids is 1. The Bertz CT molecular complexity index is 626. The van der Waals surface area contributed by atoms with Gasteiger partial charge in [-0.25, -0.2) is 4.98 Å². The summed E-state index contributed by atoms with van der Waals surface area (Å²) in [6.45, 7) is 5.88. The number of benzene rings is 1. The standard InChI is InChI=1S/C16H21N3O/c1-3-15-17-13-8-4-5-9-14(13)19(15)12(2)16(20)18-10-6-7-11-18/h4-5,8-9,12H,3,6-7,10-11H2,1-2H3. The molecule has 1 atom stereocenters. The minimum absolute atomic E-state index is 0.171. The van der Waals surface area contributed by atoms with E-state index in [1.165, 1.54) is 0 Å². The molecule has 20 heavy (non-hydrogen) atoms. The summed E-state index contributed by atoms with van der Waals surface area (Å²) in [5.41, 5.74) is 2.04. The summed E-state index contributed by atoms with van der Waals surface area (Å²) < 4.78 is 2.11. The Morgan fingerprint density at radius 1 is 1.30 bits per heavy atom. The van der Waals surface area contributed by atoms with E-state index in [2.05, 4.69) is 22.5 Å². The van der Waals surface area contributed by atoms with Crippen LogP contribution in [0.25, 0.3) is 11.0 Å². The number of aryl methyl sites for hydroxylation is 1. The topological polar surface area (TPSA) is 38.1 Å². The van der Waals surface area contributed by atoms with E-state index >= 15 is 0 Å². The molecule has 1 amide bonds. The summed E-state index contributed by atoms with van der Waals surface area (Å²) in [7, 11) is 0. The Balaban J connectivity index is 2.01. The van der Waals surface area contributed by atoms with Gasteiger partial charge in [0, 0.05) is 19.5 Å². The minimum atomic E-state index is -0.171. The number of aromatic nitrogens is 2. The summed E-state index contributed by atoms with van der Waals surface area (Å²) >= 11 is 0. The average molecular weight is 271 g/mol. The number of para-hydroxylation sites is 2. The molecule has 4 nitrogen and oxygen atoms in total. The van der Waals surface area contributed by atoms with Gasteiger partial charge in [0.05, 0.1) is 11.0 Å². The third kappa shape index (κ3) is 2.09. The SMILES string of the molecule is CCc1nc2ccccc2n1C(C)C(=O)N1CCCC1. The van der Waals surface area contributed by atoms with Crippen LogP contribution >= 0.6 is 0 Å². The van der Waals surface area contributed by atoms with E-state index in [0.717, 1.165) is 49.2 Å². The summed E-state index contributed by atoms with van der Waals surface area (Å²) in [6, 6.07) is 7.89. The lowest BCUT2D eigenvalue weighted by Crippen LogP contribution is -2.34.